The van der Waals surface area contributed by atoms with Gasteiger partial charge in [-0.1, -0.05) is 23.2 Å². The average Bonchev–Trinajstić information content (AvgIpc) is 2.94. The molecule has 2 aliphatic rings. The maximum atomic E-state index is 13.1. The Morgan fingerprint density at radius 2 is 1.82 bits per heavy atom. The smallest absolute Gasteiger partial charge is 0.327 e. The molecule has 3 heterocycles. The first-order valence-corrected chi connectivity index (χ1v) is 13.4. The molecular weight excluding hydrogens is 557 g/mol. The molecule has 1 unspecified atom stereocenters. The van der Waals surface area contributed by atoms with Crippen molar-refractivity contribution in [3.63, 3.8) is 0 Å². The van der Waals surface area contributed by atoms with Gasteiger partial charge in [-0.3, -0.25) is 4.90 Å². The van der Waals surface area contributed by atoms with Crippen LogP contribution in [0.5, 0.6) is 17.2 Å². The van der Waals surface area contributed by atoms with E-state index in [1.54, 1.807) is 19.2 Å². The molecule has 212 valence electrons. The predicted molar refractivity (Wildman–Crippen MR) is 157 cm³/mol. The van der Waals surface area contributed by atoms with Crippen molar-refractivity contribution in [1.82, 2.24) is 14.9 Å². The standard InChI is InChI=1S/C27H31Cl2N7O4/c1-27-13-34(2)8-9-36(27)17-7-6-16(10-18(17)40-14-27)32-21-12-22(31-15-30-21)35(3)26(37)33-25-23(28)19(38-4)11-20(39-5)24(25)29/h6-7,10-12,15H,8-9,13-14H2,1-5H3,(H,33,37)(H,30,31,32). The second-order valence-electron chi connectivity index (χ2n) is 10.0. The number of halogens is 2. The van der Waals surface area contributed by atoms with Crippen molar-refractivity contribution in [1.29, 1.82) is 0 Å². The number of aromatic nitrogens is 2. The molecule has 13 heteroatoms. The summed E-state index contributed by atoms with van der Waals surface area (Å²) in [5.41, 5.74) is 1.98. The monoisotopic (exact) mass is 587 g/mol. The lowest BCUT2D eigenvalue weighted by Gasteiger charge is -2.52. The molecule has 1 saturated heterocycles. The highest BCUT2D eigenvalue weighted by Crippen LogP contribution is 2.44. The van der Waals surface area contributed by atoms with Gasteiger partial charge in [0.1, 0.15) is 51.9 Å². The third-order valence-electron chi connectivity index (χ3n) is 7.14. The number of likely N-dealkylation sites (N-methyl/N-ethyl adjacent to an activating group) is 1. The van der Waals surface area contributed by atoms with E-state index < -0.39 is 6.03 Å². The highest BCUT2D eigenvalue weighted by Gasteiger charge is 2.41. The van der Waals surface area contributed by atoms with Crippen LogP contribution in [0.3, 0.4) is 0 Å². The normalized spacial score (nSPS) is 18.2. The molecule has 1 fully saturated rings. The van der Waals surface area contributed by atoms with Crippen molar-refractivity contribution < 1.29 is 19.0 Å². The van der Waals surface area contributed by atoms with E-state index in [0.717, 1.165) is 36.8 Å². The van der Waals surface area contributed by atoms with Crippen molar-refractivity contribution in [2.75, 3.05) is 75.0 Å². The lowest BCUT2D eigenvalue weighted by molar-refractivity contribution is 0.127. The topological polar surface area (TPSA) is 104 Å². The number of anilines is 5. The number of hydrogen-bond donors (Lipinski definition) is 2. The Bertz CT molecular complexity index is 1410. The van der Waals surface area contributed by atoms with Crippen LogP contribution in [0, 0.1) is 0 Å². The quantitative estimate of drug-likeness (QED) is 0.406. The van der Waals surface area contributed by atoms with Gasteiger partial charge in [0.05, 0.1) is 31.1 Å². The fraction of sp³-hybridized carbons (Fsp3) is 0.370. The molecule has 1 atom stereocenters. The number of benzene rings is 2. The highest BCUT2D eigenvalue weighted by molar-refractivity contribution is 6.41. The van der Waals surface area contributed by atoms with E-state index in [1.165, 1.54) is 25.4 Å². The number of carbonyl (C=O) groups excluding carboxylic acids is 1. The number of nitrogens with one attached hydrogen (secondary N) is 2. The molecule has 2 aliphatic heterocycles. The Morgan fingerprint density at radius 1 is 1.10 bits per heavy atom. The molecule has 1 aromatic heterocycles. The molecule has 2 amide bonds. The number of nitrogens with zero attached hydrogens (tertiary/aromatic N) is 5. The van der Waals surface area contributed by atoms with E-state index in [0.29, 0.717) is 29.7 Å². The third kappa shape index (κ3) is 5.24. The van der Waals surface area contributed by atoms with Gasteiger partial charge in [0, 0.05) is 50.6 Å². The second-order valence-corrected chi connectivity index (χ2v) is 10.8. The van der Waals surface area contributed by atoms with E-state index in [2.05, 4.69) is 50.4 Å². The third-order valence-corrected chi connectivity index (χ3v) is 7.89. The Hall–Kier alpha value is -3.67. The summed E-state index contributed by atoms with van der Waals surface area (Å²) in [5, 5.41) is 6.29. The van der Waals surface area contributed by atoms with Gasteiger partial charge < -0.3 is 34.6 Å². The summed E-state index contributed by atoms with van der Waals surface area (Å²) in [6.45, 7) is 5.74. The van der Waals surface area contributed by atoms with Crippen LogP contribution < -0.4 is 34.6 Å². The van der Waals surface area contributed by atoms with Crippen LogP contribution in [0.15, 0.2) is 36.7 Å². The summed E-state index contributed by atoms with van der Waals surface area (Å²) in [6.07, 6.45) is 1.38. The predicted octanol–water partition coefficient (Wildman–Crippen LogP) is 5.12. The molecule has 0 bridgehead atoms. The Morgan fingerprint density at radius 3 is 2.52 bits per heavy atom. The number of ether oxygens (including phenoxy) is 3. The van der Waals surface area contributed by atoms with E-state index in [9.17, 15) is 4.79 Å². The zero-order chi connectivity index (χ0) is 28.6. The molecule has 0 saturated carbocycles. The van der Waals surface area contributed by atoms with Crippen molar-refractivity contribution in [2.45, 2.75) is 12.5 Å². The first-order valence-electron chi connectivity index (χ1n) is 12.6. The Labute approximate surface area is 242 Å². The van der Waals surface area contributed by atoms with E-state index in [4.69, 9.17) is 37.4 Å². The van der Waals surface area contributed by atoms with Crippen LogP contribution in [0.2, 0.25) is 10.0 Å². The molecule has 5 rings (SSSR count). The van der Waals surface area contributed by atoms with Crippen LogP contribution in [-0.4, -0.2) is 81.0 Å². The molecule has 3 aromatic rings. The number of methoxy groups -OCH3 is 2. The largest absolute Gasteiger partial charge is 0.495 e. The number of piperazine rings is 1. The Balaban J connectivity index is 1.32. The first kappa shape index (κ1) is 27.9. The van der Waals surface area contributed by atoms with E-state index in [-0.39, 0.29) is 21.3 Å². The minimum absolute atomic E-state index is 0.0634. The van der Waals surface area contributed by atoms with Crippen LogP contribution in [0.4, 0.5) is 33.5 Å². The van der Waals surface area contributed by atoms with Gasteiger partial charge in [-0.25, -0.2) is 14.8 Å². The minimum atomic E-state index is -0.527. The maximum absolute atomic E-state index is 13.1. The molecule has 2 N–H and O–H groups in total. The van der Waals surface area contributed by atoms with Crippen molar-refractivity contribution >= 4 is 57.9 Å². The molecule has 0 spiro atoms. The summed E-state index contributed by atoms with van der Waals surface area (Å²) in [5.74, 6) is 2.28. The fourth-order valence-corrected chi connectivity index (χ4v) is 5.62. The van der Waals surface area contributed by atoms with Crippen LogP contribution >= 0.6 is 23.2 Å². The van der Waals surface area contributed by atoms with Crippen molar-refractivity contribution in [3.8, 4) is 17.2 Å². The number of urea groups is 1. The lowest BCUT2D eigenvalue weighted by Crippen LogP contribution is -2.64. The summed E-state index contributed by atoms with van der Waals surface area (Å²) in [4.78, 5) is 27.8. The lowest BCUT2D eigenvalue weighted by atomic mass is 9.94. The number of amides is 2. The summed E-state index contributed by atoms with van der Waals surface area (Å²) in [6, 6.07) is 8.70. The van der Waals surface area contributed by atoms with Crippen LogP contribution in [0.1, 0.15) is 6.92 Å². The van der Waals surface area contributed by atoms with E-state index >= 15 is 0 Å². The molecule has 2 aromatic carbocycles. The number of rotatable bonds is 6. The van der Waals surface area contributed by atoms with Gasteiger partial charge in [-0.05, 0) is 26.1 Å². The van der Waals surface area contributed by atoms with Crippen molar-refractivity contribution in [2.24, 2.45) is 0 Å². The zero-order valence-electron chi connectivity index (χ0n) is 22.9. The Kier molecular flexibility index (Phi) is 7.72. The fourth-order valence-electron chi connectivity index (χ4n) is 5.02. The zero-order valence-corrected chi connectivity index (χ0v) is 24.4. The van der Waals surface area contributed by atoms with Gasteiger partial charge in [0.25, 0.3) is 0 Å². The highest BCUT2D eigenvalue weighted by atomic mass is 35.5. The summed E-state index contributed by atoms with van der Waals surface area (Å²) >= 11 is 12.8. The minimum Gasteiger partial charge on any atom is -0.495 e. The summed E-state index contributed by atoms with van der Waals surface area (Å²) in [7, 11) is 6.63. The maximum Gasteiger partial charge on any atom is 0.327 e. The number of carbonyl (C=O) groups is 1. The van der Waals surface area contributed by atoms with Crippen LogP contribution in [-0.2, 0) is 0 Å². The molecule has 0 aliphatic carbocycles. The SMILES string of the molecule is COc1cc(OC)c(Cl)c(NC(=O)N(C)c2cc(Nc3ccc4c(c3)OCC3(C)CN(C)CCN43)ncn2)c1Cl. The molecule has 11 nitrogen and oxygen atoms in total. The van der Waals surface area contributed by atoms with Crippen molar-refractivity contribution in [3.05, 3.63) is 46.7 Å². The number of fused-ring (bicyclic) bond motifs is 3. The molecule has 0 radical (unpaired) electrons. The summed E-state index contributed by atoms with van der Waals surface area (Å²) < 4.78 is 16.7. The second kappa shape index (κ2) is 11.1. The van der Waals surface area contributed by atoms with Crippen LogP contribution in [0.25, 0.3) is 0 Å². The van der Waals surface area contributed by atoms with Gasteiger partial charge in [-0.15, -0.1) is 0 Å². The van der Waals surface area contributed by atoms with Gasteiger partial charge >= 0.3 is 6.03 Å². The molecular formula is C27H31Cl2N7O4. The van der Waals surface area contributed by atoms with Gasteiger partial charge in [0.2, 0.25) is 0 Å². The molecule has 40 heavy (non-hydrogen) atoms. The van der Waals surface area contributed by atoms with Gasteiger partial charge in [-0.2, -0.15) is 0 Å². The average molecular weight is 588 g/mol. The van der Waals surface area contributed by atoms with E-state index in [1.807, 2.05) is 12.1 Å². The van der Waals surface area contributed by atoms with Gasteiger partial charge in [0.15, 0.2) is 0 Å². The number of hydrogen-bond acceptors (Lipinski definition) is 9. The first-order chi connectivity index (χ1) is 19.1.